The van der Waals surface area contributed by atoms with E-state index in [1.807, 2.05) is 0 Å². The summed E-state index contributed by atoms with van der Waals surface area (Å²) < 4.78 is 0. The summed E-state index contributed by atoms with van der Waals surface area (Å²) in [7, 11) is 0. The van der Waals surface area contributed by atoms with E-state index in [4.69, 9.17) is 0 Å². The summed E-state index contributed by atoms with van der Waals surface area (Å²) in [5.41, 5.74) is 0. The van der Waals surface area contributed by atoms with Crippen molar-refractivity contribution in [3.05, 3.63) is 12.8 Å². The second-order valence-corrected chi connectivity index (χ2v) is 2.86. The third-order valence-corrected chi connectivity index (χ3v) is 1.88. The van der Waals surface area contributed by atoms with Gasteiger partial charge >= 0.3 is 31.1 Å². The first kappa shape index (κ1) is 13.6. The summed E-state index contributed by atoms with van der Waals surface area (Å²) in [5.74, 6) is 1.55. The third-order valence-electron chi connectivity index (χ3n) is 1.88. The summed E-state index contributed by atoms with van der Waals surface area (Å²) >= 11 is 0. The Morgan fingerprint density at radius 1 is 1.00 bits per heavy atom. The fourth-order valence-electron chi connectivity index (χ4n) is 0.859. The SMILES string of the molecule is C[CH-]C(C)CC(C)[CH-]C.[U+2]. The molecule has 0 aromatic carbocycles. The molecule has 0 heterocycles. The van der Waals surface area contributed by atoms with Gasteiger partial charge in [-0.2, -0.15) is 25.7 Å². The topological polar surface area (TPSA) is 0 Å². The quantitative estimate of drug-likeness (QED) is 0.673. The molecule has 0 rings (SSSR count). The van der Waals surface area contributed by atoms with Gasteiger partial charge in [0.2, 0.25) is 0 Å². The Labute approximate surface area is 89.5 Å². The van der Waals surface area contributed by atoms with Gasteiger partial charge in [0.25, 0.3) is 0 Å². The average molecular weight is 364 g/mol. The van der Waals surface area contributed by atoms with Crippen molar-refractivity contribution in [1.82, 2.24) is 0 Å². The zero-order valence-electron chi connectivity index (χ0n) is 7.52. The van der Waals surface area contributed by atoms with Crippen LogP contribution in [-0.2, 0) is 0 Å². The van der Waals surface area contributed by atoms with E-state index in [2.05, 4.69) is 40.5 Å². The van der Waals surface area contributed by atoms with Gasteiger partial charge in [0.1, 0.15) is 0 Å². The van der Waals surface area contributed by atoms with E-state index in [0.29, 0.717) is 0 Å². The Morgan fingerprint density at radius 3 is 1.50 bits per heavy atom. The maximum atomic E-state index is 2.26. The van der Waals surface area contributed by atoms with Gasteiger partial charge in [0.15, 0.2) is 0 Å². The van der Waals surface area contributed by atoms with Crippen molar-refractivity contribution in [3.63, 3.8) is 0 Å². The summed E-state index contributed by atoms with van der Waals surface area (Å²) in [6.45, 7) is 8.79. The minimum absolute atomic E-state index is 0. The van der Waals surface area contributed by atoms with Crippen molar-refractivity contribution < 1.29 is 31.1 Å². The molecular formula is C9H18U. The van der Waals surface area contributed by atoms with E-state index in [0.717, 1.165) is 11.8 Å². The van der Waals surface area contributed by atoms with E-state index in [1.165, 1.54) is 6.42 Å². The maximum absolute atomic E-state index is 2.26. The van der Waals surface area contributed by atoms with Crippen LogP contribution in [0.4, 0.5) is 0 Å². The predicted molar refractivity (Wildman–Crippen MR) is 42.9 cm³/mol. The van der Waals surface area contributed by atoms with Crippen LogP contribution < -0.4 is 0 Å². The molecule has 0 bridgehead atoms. The van der Waals surface area contributed by atoms with Crippen LogP contribution in [0.2, 0.25) is 0 Å². The average Bonchev–Trinajstić information content (AvgIpc) is 1.87. The molecule has 1 heteroatoms. The zero-order chi connectivity index (χ0) is 7.28. The van der Waals surface area contributed by atoms with Crippen molar-refractivity contribution in [2.45, 2.75) is 34.1 Å². The summed E-state index contributed by atoms with van der Waals surface area (Å²) in [4.78, 5) is 0. The molecule has 0 aliphatic rings. The minimum atomic E-state index is 0. The van der Waals surface area contributed by atoms with Gasteiger partial charge < -0.3 is 12.8 Å². The molecule has 10 heavy (non-hydrogen) atoms. The molecule has 0 fully saturated rings. The summed E-state index contributed by atoms with van der Waals surface area (Å²) in [6, 6.07) is 0. The molecule has 0 saturated carbocycles. The second kappa shape index (κ2) is 8.15. The van der Waals surface area contributed by atoms with Crippen LogP contribution in [0.3, 0.4) is 0 Å². The van der Waals surface area contributed by atoms with Crippen LogP contribution in [0.25, 0.3) is 0 Å². The first-order valence-electron chi connectivity index (χ1n) is 3.79. The molecule has 0 nitrogen and oxygen atoms in total. The van der Waals surface area contributed by atoms with E-state index in [-0.39, 0.29) is 31.1 Å². The van der Waals surface area contributed by atoms with Crippen molar-refractivity contribution in [2.75, 3.05) is 0 Å². The molecule has 2 atom stereocenters. The van der Waals surface area contributed by atoms with Gasteiger partial charge in [0.05, 0.1) is 0 Å². The summed E-state index contributed by atoms with van der Waals surface area (Å²) in [5, 5.41) is 0. The van der Waals surface area contributed by atoms with E-state index < -0.39 is 0 Å². The zero-order valence-corrected chi connectivity index (χ0v) is 11.7. The van der Waals surface area contributed by atoms with Crippen molar-refractivity contribution >= 4 is 0 Å². The number of rotatable bonds is 4. The molecule has 0 saturated heterocycles. The molecule has 0 N–H and O–H groups in total. The molecule has 0 aliphatic heterocycles. The first-order chi connectivity index (χ1) is 4.20. The molecule has 0 amide bonds. The fraction of sp³-hybridized carbons (Fsp3) is 0.778. The van der Waals surface area contributed by atoms with Gasteiger partial charge in [-0.1, -0.05) is 13.8 Å². The fourth-order valence-corrected chi connectivity index (χ4v) is 0.859. The van der Waals surface area contributed by atoms with Gasteiger partial charge in [0, 0.05) is 0 Å². The van der Waals surface area contributed by atoms with E-state index in [1.54, 1.807) is 0 Å². The Hall–Kier alpha value is 1.05. The molecule has 0 aromatic rings. The first-order valence-corrected chi connectivity index (χ1v) is 3.79. The Bertz CT molecular complexity index is 53.7. The number of hydrogen-bond acceptors (Lipinski definition) is 0. The van der Waals surface area contributed by atoms with Crippen molar-refractivity contribution in [2.24, 2.45) is 11.8 Å². The Balaban J connectivity index is 0. The predicted octanol–water partition coefficient (Wildman–Crippen LogP) is 3.10. The van der Waals surface area contributed by atoms with E-state index in [9.17, 15) is 0 Å². The number of hydrogen-bond donors (Lipinski definition) is 0. The van der Waals surface area contributed by atoms with Crippen LogP contribution in [-0.4, -0.2) is 0 Å². The Kier molecular flexibility index (Phi) is 11.1. The molecule has 0 aromatic heterocycles. The van der Waals surface area contributed by atoms with E-state index >= 15 is 0 Å². The molecule has 0 aliphatic carbocycles. The van der Waals surface area contributed by atoms with Crippen LogP contribution >= 0.6 is 0 Å². The molecule has 58 valence electrons. The normalized spacial score (nSPS) is 15.6. The smallest absolute Gasteiger partial charge is 0.329 e. The Morgan fingerprint density at radius 2 is 1.30 bits per heavy atom. The van der Waals surface area contributed by atoms with Crippen LogP contribution in [0, 0.1) is 55.8 Å². The largest absolute Gasteiger partial charge is 2.00 e. The minimum Gasteiger partial charge on any atom is -0.329 e. The molecule has 0 radical (unpaired) electrons. The maximum Gasteiger partial charge on any atom is 2.00 e. The van der Waals surface area contributed by atoms with Crippen LogP contribution in [0.5, 0.6) is 0 Å². The monoisotopic (exact) mass is 364 g/mol. The van der Waals surface area contributed by atoms with Gasteiger partial charge in [-0.3, -0.25) is 0 Å². The second-order valence-electron chi connectivity index (χ2n) is 2.86. The van der Waals surface area contributed by atoms with Crippen molar-refractivity contribution in [1.29, 1.82) is 0 Å². The van der Waals surface area contributed by atoms with Crippen LogP contribution in [0.15, 0.2) is 0 Å². The standard InChI is InChI=1S/C9H18.U/c1-5-8(3)7-9(4)6-2;/h5-6,8-9H,7H2,1-4H3;/q-2;+2. The van der Waals surface area contributed by atoms with Gasteiger partial charge in [-0.15, -0.1) is 6.42 Å². The summed E-state index contributed by atoms with van der Waals surface area (Å²) in [6.07, 6.45) is 5.83. The molecule has 2 unspecified atom stereocenters. The van der Waals surface area contributed by atoms with Gasteiger partial charge in [-0.05, 0) is 0 Å². The van der Waals surface area contributed by atoms with Gasteiger partial charge in [-0.25, -0.2) is 0 Å². The molecule has 0 spiro atoms. The molecular weight excluding hydrogens is 346 g/mol. The third kappa shape index (κ3) is 7.16. The van der Waals surface area contributed by atoms with Crippen LogP contribution in [0.1, 0.15) is 34.1 Å². The van der Waals surface area contributed by atoms with Crippen molar-refractivity contribution in [3.8, 4) is 0 Å².